The molecule has 178 valence electrons. The van der Waals surface area contributed by atoms with Crippen molar-refractivity contribution in [3.63, 3.8) is 0 Å². The maximum atomic E-state index is 13.2. The van der Waals surface area contributed by atoms with E-state index in [1.165, 1.54) is 16.7 Å². The van der Waals surface area contributed by atoms with Gasteiger partial charge in [-0.3, -0.25) is 14.9 Å². The molecule has 4 aliphatic rings. The number of aliphatic carboxylic acids is 1. The molecule has 0 aromatic carbocycles. The zero-order valence-corrected chi connectivity index (χ0v) is 19.7. The Hall–Kier alpha value is -2.21. The predicted octanol–water partition coefficient (Wildman–Crippen LogP) is -1.03. The first kappa shape index (κ1) is 22.6. The van der Waals surface area contributed by atoms with Gasteiger partial charge in [0, 0.05) is 35.1 Å². The lowest BCUT2D eigenvalue weighted by Crippen LogP contribution is -2.63. The molecule has 1 amide bonds. The van der Waals surface area contributed by atoms with Gasteiger partial charge in [0.15, 0.2) is 19.0 Å². The van der Waals surface area contributed by atoms with Gasteiger partial charge >= 0.3 is 5.97 Å². The van der Waals surface area contributed by atoms with Crippen LogP contribution < -0.4 is 15.3 Å². The molecule has 2 saturated heterocycles. The Morgan fingerprint density at radius 1 is 1.30 bits per heavy atom. The standard InChI is InChI=1S/C22H29N5O5S/c1-10-17-16(11(2)28)21(30)27(17)18(22(31)32)20(10)33-13-7-15(23-8-13)19(29)14-6-12-4-5-25(3)26(12)9-24-14/h4-5,10-11,13-17,23-24,28H,6-9H2,1-3H3/p+1/t10-,11-,13+,14?,15+,16-,17-/m1/s1. The highest BCUT2D eigenvalue weighted by Gasteiger charge is 2.60. The SMILES string of the molecule is C[C@@H](O)[C@H]1C(=O)N2C(C(=O)O)=C(S[C@@H]3CN[C@H](C(=O)C4Cc5cc[n+](C)n5CN4)C3)[C@H](C)[C@H]12. The molecule has 5 heterocycles. The van der Waals surface area contributed by atoms with Gasteiger partial charge in [0.1, 0.15) is 12.4 Å². The van der Waals surface area contributed by atoms with E-state index in [0.717, 1.165) is 5.69 Å². The molecule has 1 aromatic heterocycles. The third kappa shape index (κ3) is 3.52. The van der Waals surface area contributed by atoms with Crippen LogP contribution in [0.3, 0.4) is 0 Å². The minimum atomic E-state index is -1.12. The number of hydrogen-bond acceptors (Lipinski definition) is 7. The molecule has 7 atom stereocenters. The Morgan fingerprint density at radius 2 is 2.06 bits per heavy atom. The fourth-order valence-corrected chi connectivity index (χ4v) is 7.22. The van der Waals surface area contributed by atoms with Crippen molar-refractivity contribution in [1.82, 2.24) is 20.2 Å². The highest BCUT2D eigenvalue weighted by molar-refractivity contribution is 8.03. The Balaban J connectivity index is 1.26. The molecule has 4 aliphatic heterocycles. The number of nitrogens with zero attached hydrogens (tertiary/aromatic N) is 3. The number of amides is 1. The summed E-state index contributed by atoms with van der Waals surface area (Å²) in [7, 11) is 1.97. The Morgan fingerprint density at radius 3 is 2.76 bits per heavy atom. The summed E-state index contributed by atoms with van der Waals surface area (Å²) in [5.74, 6) is -2.05. The van der Waals surface area contributed by atoms with Crippen LogP contribution in [0.1, 0.15) is 26.0 Å². The lowest BCUT2D eigenvalue weighted by molar-refractivity contribution is -0.755. The largest absolute Gasteiger partial charge is 0.477 e. The van der Waals surface area contributed by atoms with E-state index >= 15 is 0 Å². The van der Waals surface area contributed by atoms with Crippen molar-refractivity contribution in [3.05, 3.63) is 28.6 Å². The van der Waals surface area contributed by atoms with Gasteiger partial charge in [-0.25, -0.2) is 4.79 Å². The normalized spacial score (nSPS) is 34.2. The van der Waals surface area contributed by atoms with E-state index < -0.39 is 18.0 Å². The molecule has 4 N–H and O–H groups in total. The molecule has 2 fully saturated rings. The van der Waals surface area contributed by atoms with Gasteiger partial charge < -0.3 is 20.4 Å². The van der Waals surface area contributed by atoms with E-state index in [4.69, 9.17) is 0 Å². The van der Waals surface area contributed by atoms with Crippen molar-refractivity contribution < 1.29 is 29.3 Å². The lowest BCUT2D eigenvalue weighted by atomic mass is 9.79. The summed E-state index contributed by atoms with van der Waals surface area (Å²) in [5.41, 5.74) is 1.16. The number of hydrogen-bond donors (Lipinski definition) is 4. The van der Waals surface area contributed by atoms with Crippen LogP contribution >= 0.6 is 11.8 Å². The molecule has 1 unspecified atom stereocenters. The summed E-state index contributed by atoms with van der Waals surface area (Å²) in [6, 6.07) is 1.18. The van der Waals surface area contributed by atoms with Crippen LogP contribution in [0, 0.1) is 11.8 Å². The second-order valence-corrected chi connectivity index (χ2v) is 10.9. The number of thioether (sulfide) groups is 1. The minimum Gasteiger partial charge on any atom is -0.477 e. The van der Waals surface area contributed by atoms with E-state index in [0.29, 0.717) is 31.0 Å². The summed E-state index contributed by atoms with van der Waals surface area (Å²) in [6.45, 7) is 4.68. The van der Waals surface area contributed by atoms with Crippen molar-refractivity contribution in [2.24, 2.45) is 18.9 Å². The zero-order valence-electron chi connectivity index (χ0n) is 18.9. The summed E-state index contributed by atoms with van der Waals surface area (Å²) < 4.78 is 4.09. The number of rotatable bonds is 6. The molecule has 0 bridgehead atoms. The Bertz CT molecular complexity index is 1050. The summed E-state index contributed by atoms with van der Waals surface area (Å²) in [4.78, 5) is 39.7. The van der Waals surface area contributed by atoms with Crippen LogP contribution in [0.2, 0.25) is 0 Å². The fraction of sp³-hybridized carbons (Fsp3) is 0.636. The Kier molecular flexibility index (Phi) is 5.63. The number of aliphatic hydroxyl groups is 1. The monoisotopic (exact) mass is 476 g/mol. The number of β-lactam (4-membered cyclic amide) rings is 1. The smallest absolute Gasteiger partial charge is 0.353 e. The van der Waals surface area contributed by atoms with Crippen LogP contribution in [0.5, 0.6) is 0 Å². The van der Waals surface area contributed by atoms with E-state index in [9.17, 15) is 24.6 Å². The number of ketones is 1. The third-order valence-corrected chi connectivity index (χ3v) is 8.99. The number of Topliss-reactive ketones (excluding diaryl/α,β-unsaturated/α-hetero) is 1. The molecule has 5 rings (SSSR count). The number of carboxylic acid groups (broad SMARTS) is 1. The summed E-state index contributed by atoms with van der Waals surface area (Å²) in [6.07, 6.45) is 2.41. The van der Waals surface area contributed by atoms with Gasteiger partial charge in [-0.05, 0) is 13.3 Å². The quantitative estimate of drug-likeness (QED) is 0.303. The van der Waals surface area contributed by atoms with Crippen molar-refractivity contribution in [2.75, 3.05) is 6.54 Å². The maximum absolute atomic E-state index is 13.2. The topological polar surface area (TPSA) is 128 Å². The van der Waals surface area contributed by atoms with E-state index in [2.05, 4.69) is 15.3 Å². The summed E-state index contributed by atoms with van der Waals surface area (Å²) >= 11 is 1.46. The van der Waals surface area contributed by atoms with Gasteiger partial charge in [0.05, 0.1) is 35.8 Å². The minimum absolute atomic E-state index is 0.0369. The van der Waals surface area contributed by atoms with E-state index in [1.807, 2.05) is 30.9 Å². The van der Waals surface area contributed by atoms with Crippen LogP contribution in [0.25, 0.3) is 0 Å². The van der Waals surface area contributed by atoms with Crippen molar-refractivity contribution >= 4 is 29.4 Å². The second-order valence-electron chi connectivity index (χ2n) is 9.51. The predicted molar refractivity (Wildman–Crippen MR) is 119 cm³/mol. The van der Waals surface area contributed by atoms with Crippen LogP contribution in [0.4, 0.5) is 0 Å². The van der Waals surface area contributed by atoms with Crippen molar-refractivity contribution in [1.29, 1.82) is 0 Å². The number of carbonyl (C=O) groups is 3. The molecule has 1 aromatic rings. The molecule has 0 saturated carbocycles. The number of nitrogens with one attached hydrogen (secondary N) is 2. The average molecular weight is 477 g/mol. The molecular formula is C22H30N5O5S+. The van der Waals surface area contributed by atoms with Gasteiger partial charge in [-0.1, -0.05) is 6.92 Å². The fourth-order valence-electron chi connectivity index (χ4n) is 5.74. The van der Waals surface area contributed by atoms with Gasteiger partial charge in [-0.15, -0.1) is 21.1 Å². The third-order valence-electron chi connectivity index (χ3n) is 7.48. The number of aliphatic hydroxyl groups excluding tert-OH is 1. The molecule has 10 nitrogen and oxygen atoms in total. The first-order valence-electron chi connectivity index (χ1n) is 11.4. The molecule has 11 heteroatoms. The van der Waals surface area contributed by atoms with Gasteiger partial charge in [0.25, 0.3) is 0 Å². The van der Waals surface area contributed by atoms with Crippen molar-refractivity contribution in [3.8, 4) is 0 Å². The lowest BCUT2D eigenvalue weighted by Gasteiger charge is -2.46. The van der Waals surface area contributed by atoms with Crippen LogP contribution in [-0.4, -0.2) is 73.5 Å². The molecule has 0 spiro atoms. The van der Waals surface area contributed by atoms with Crippen molar-refractivity contribution in [2.45, 2.75) is 62.8 Å². The Labute approximate surface area is 196 Å². The molecular weight excluding hydrogens is 446 g/mol. The summed E-state index contributed by atoms with van der Waals surface area (Å²) in [5, 5.41) is 26.5. The maximum Gasteiger partial charge on any atom is 0.353 e. The number of carbonyl (C=O) groups excluding carboxylic acids is 2. The number of fused-ring (bicyclic) bond motifs is 2. The number of carboxylic acids is 1. The highest BCUT2D eigenvalue weighted by Crippen LogP contribution is 2.51. The van der Waals surface area contributed by atoms with Crippen LogP contribution in [-0.2, 0) is 34.5 Å². The average Bonchev–Trinajstić information content (AvgIpc) is 3.44. The van der Waals surface area contributed by atoms with E-state index in [-0.39, 0.29) is 46.7 Å². The molecule has 0 radical (unpaired) electrons. The highest BCUT2D eigenvalue weighted by atomic mass is 32.2. The number of aryl methyl sites for hydroxylation is 1. The number of aromatic nitrogens is 2. The zero-order chi connectivity index (χ0) is 23.6. The van der Waals surface area contributed by atoms with Crippen LogP contribution in [0.15, 0.2) is 22.9 Å². The van der Waals surface area contributed by atoms with Gasteiger partial charge in [-0.2, -0.15) is 0 Å². The molecule has 33 heavy (non-hydrogen) atoms. The molecule has 0 aliphatic carbocycles. The van der Waals surface area contributed by atoms with E-state index in [1.54, 1.807) is 6.92 Å². The van der Waals surface area contributed by atoms with Gasteiger partial charge in [0.2, 0.25) is 5.91 Å². The first-order chi connectivity index (χ1) is 15.7. The second kappa shape index (κ2) is 8.23. The first-order valence-corrected chi connectivity index (χ1v) is 12.3.